The predicted molar refractivity (Wildman–Crippen MR) is 67.4 cm³/mol. The first-order valence-electron chi connectivity index (χ1n) is 5.69. The third-order valence-corrected chi connectivity index (χ3v) is 3.97. The summed E-state index contributed by atoms with van der Waals surface area (Å²) in [5.74, 6) is -0.495. The molecule has 0 unspecified atom stereocenters. The van der Waals surface area contributed by atoms with Gasteiger partial charge in [0.2, 0.25) is 0 Å². The number of hydrogen-bond donors (Lipinski definition) is 1. The Bertz CT molecular complexity index is 700. The predicted octanol–water partition coefficient (Wildman–Crippen LogP) is 1.88. The molecule has 116 valence electrons. The highest BCUT2D eigenvalue weighted by molar-refractivity contribution is 7.88. The van der Waals surface area contributed by atoms with Crippen LogP contribution < -0.4 is 14.4 Å². The minimum atomic E-state index is -5.74. The molecule has 1 heterocycles. The number of halogens is 3. The zero-order valence-corrected chi connectivity index (χ0v) is 11.8. The Balaban J connectivity index is 2.45. The normalized spacial score (nSPS) is 15.5. The van der Waals surface area contributed by atoms with Gasteiger partial charge in [0, 0.05) is 19.7 Å². The van der Waals surface area contributed by atoms with E-state index in [-0.39, 0.29) is 6.54 Å². The summed E-state index contributed by atoms with van der Waals surface area (Å²) < 4.78 is 63.0. The molecule has 1 N–H and O–H groups in total. The lowest BCUT2D eigenvalue weighted by Crippen LogP contribution is -2.41. The number of amides is 2. The van der Waals surface area contributed by atoms with Crippen molar-refractivity contribution in [1.82, 2.24) is 5.32 Å². The van der Waals surface area contributed by atoms with Crippen molar-refractivity contribution >= 4 is 21.8 Å². The number of carbonyl (C=O) groups excluding carboxylic acids is 1. The zero-order chi connectivity index (χ0) is 16.0. The molecule has 1 aliphatic rings. The van der Waals surface area contributed by atoms with Crippen LogP contribution in [0, 0.1) is 6.92 Å². The first-order chi connectivity index (χ1) is 9.53. The SMILES string of the molecule is Cc1cc(OS(=O)(=O)C(F)(F)F)cc2c1CNC(=O)N2C. The van der Waals surface area contributed by atoms with Gasteiger partial charge in [0.15, 0.2) is 0 Å². The minimum absolute atomic E-state index is 0.205. The van der Waals surface area contributed by atoms with Gasteiger partial charge in [-0.1, -0.05) is 0 Å². The van der Waals surface area contributed by atoms with Crippen molar-refractivity contribution in [3.63, 3.8) is 0 Å². The molecule has 2 rings (SSSR count). The van der Waals surface area contributed by atoms with Crippen molar-refractivity contribution in [1.29, 1.82) is 0 Å². The summed E-state index contributed by atoms with van der Waals surface area (Å²) in [5.41, 5.74) is -4.04. The van der Waals surface area contributed by atoms with Crippen LogP contribution in [0.3, 0.4) is 0 Å². The summed E-state index contributed by atoms with van der Waals surface area (Å²) in [6, 6.07) is 1.82. The van der Waals surface area contributed by atoms with Crippen LogP contribution >= 0.6 is 0 Å². The summed E-state index contributed by atoms with van der Waals surface area (Å²) in [6.07, 6.45) is 0. The van der Waals surface area contributed by atoms with E-state index >= 15 is 0 Å². The molecule has 1 aliphatic heterocycles. The molecule has 0 fully saturated rings. The van der Waals surface area contributed by atoms with E-state index in [9.17, 15) is 26.4 Å². The van der Waals surface area contributed by atoms with Crippen LogP contribution in [-0.2, 0) is 16.7 Å². The van der Waals surface area contributed by atoms with E-state index in [1.54, 1.807) is 6.92 Å². The molecule has 1 aromatic carbocycles. The van der Waals surface area contributed by atoms with Crippen LogP contribution in [0.15, 0.2) is 12.1 Å². The molecule has 0 aromatic heterocycles. The maximum Gasteiger partial charge on any atom is 0.534 e. The highest BCUT2D eigenvalue weighted by Gasteiger charge is 2.48. The Kier molecular flexibility index (Phi) is 3.52. The lowest BCUT2D eigenvalue weighted by molar-refractivity contribution is -0.0500. The van der Waals surface area contributed by atoms with Crippen molar-refractivity contribution in [2.45, 2.75) is 19.0 Å². The van der Waals surface area contributed by atoms with Crippen molar-refractivity contribution < 1.29 is 30.6 Å². The van der Waals surface area contributed by atoms with E-state index in [4.69, 9.17) is 0 Å². The van der Waals surface area contributed by atoms with Crippen LogP contribution in [0.25, 0.3) is 0 Å². The van der Waals surface area contributed by atoms with Crippen molar-refractivity contribution in [2.24, 2.45) is 0 Å². The number of alkyl halides is 3. The molecular weight excluding hydrogens is 313 g/mol. The number of nitrogens with zero attached hydrogens (tertiary/aromatic N) is 1. The maximum absolute atomic E-state index is 12.3. The number of fused-ring (bicyclic) bond motifs is 1. The van der Waals surface area contributed by atoms with Gasteiger partial charge in [-0.05, 0) is 24.1 Å². The second-order valence-corrected chi connectivity index (χ2v) is 5.98. The molecule has 2 amide bonds. The van der Waals surface area contributed by atoms with Crippen LogP contribution in [0.1, 0.15) is 11.1 Å². The molecule has 0 aliphatic carbocycles. The molecule has 0 radical (unpaired) electrons. The molecular formula is C11H11F3N2O4S. The molecule has 0 saturated carbocycles. The number of rotatable bonds is 2. The Hall–Kier alpha value is -1.97. The minimum Gasteiger partial charge on any atom is -0.376 e. The maximum atomic E-state index is 12.3. The number of aryl methyl sites for hydroxylation is 1. The van der Waals surface area contributed by atoms with Gasteiger partial charge in [0.1, 0.15) is 5.75 Å². The molecule has 21 heavy (non-hydrogen) atoms. The second-order valence-electron chi connectivity index (χ2n) is 4.44. The van der Waals surface area contributed by atoms with Gasteiger partial charge in [-0.25, -0.2) is 4.79 Å². The number of nitrogens with one attached hydrogen (secondary N) is 1. The van der Waals surface area contributed by atoms with Gasteiger partial charge in [-0.2, -0.15) is 21.6 Å². The lowest BCUT2D eigenvalue weighted by Gasteiger charge is -2.28. The van der Waals surface area contributed by atoms with E-state index in [1.165, 1.54) is 18.0 Å². The molecule has 1 aromatic rings. The fourth-order valence-electron chi connectivity index (χ4n) is 1.91. The fraction of sp³-hybridized carbons (Fsp3) is 0.364. The summed E-state index contributed by atoms with van der Waals surface area (Å²) in [7, 11) is -4.33. The third kappa shape index (κ3) is 2.75. The molecule has 6 nitrogen and oxygen atoms in total. The van der Waals surface area contributed by atoms with Gasteiger partial charge in [-0.15, -0.1) is 0 Å². The summed E-state index contributed by atoms with van der Waals surface area (Å²) in [4.78, 5) is 12.7. The van der Waals surface area contributed by atoms with Crippen molar-refractivity contribution in [3.8, 4) is 5.75 Å². The number of anilines is 1. The second kappa shape index (κ2) is 4.79. The van der Waals surface area contributed by atoms with Crippen molar-refractivity contribution in [2.75, 3.05) is 11.9 Å². The van der Waals surface area contributed by atoms with Crippen molar-refractivity contribution in [3.05, 3.63) is 23.3 Å². The number of benzene rings is 1. The van der Waals surface area contributed by atoms with E-state index in [1.807, 2.05) is 0 Å². The van der Waals surface area contributed by atoms with E-state index < -0.39 is 27.4 Å². The highest BCUT2D eigenvalue weighted by atomic mass is 32.2. The largest absolute Gasteiger partial charge is 0.534 e. The van der Waals surface area contributed by atoms with Crippen LogP contribution in [-0.4, -0.2) is 27.0 Å². The van der Waals surface area contributed by atoms with Crippen LogP contribution in [0.4, 0.5) is 23.7 Å². The smallest absolute Gasteiger partial charge is 0.376 e. The first kappa shape index (κ1) is 15.4. The number of carbonyl (C=O) groups is 1. The Morgan fingerprint density at radius 3 is 2.52 bits per heavy atom. The Morgan fingerprint density at radius 2 is 1.95 bits per heavy atom. The lowest BCUT2D eigenvalue weighted by atomic mass is 10.0. The average molecular weight is 324 g/mol. The molecule has 0 bridgehead atoms. The average Bonchev–Trinajstić information content (AvgIpc) is 2.32. The van der Waals surface area contributed by atoms with E-state index in [0.29, 0.717) is 16.8 Å². The van der Waals surface area contributed by atoms with Crippen LogP contribution in [0.5, 0.6) is 5.75 Å². The third-order valence-electron chi connectivity index (χ3n) is 2.99. The molecule has 0 saturated heterocycles. The zero-order valence-electron chi connectivity index (χ0n) is 11.0. The van der Waals surface area contributed by atoms with Gasteiger partial charge >= 0.3 is 21.7 Å². The monoisotopic (exact) mass is 324 g/mol. The topological polar surface area (TPSA) is 75.7 Å². The Labute approximate surface area is 118 Å². The van der Waals surface area contributed by atoms with E-state index in [2.05, 4.69) is 9.50 Å². The molecule has 0 spiro atoms. The van der Waals surface area contributed by atoms with Gasteiger partial charge in [0.05, 0.1) is 5.69 Å². The molecule has 10 heteroatoms. The van der Waals surface area contributed by atoms with Gasteiger partial charge in [-0.3, -0.25) is 4.90 Å². The summed E-state index contributed by atoms with van der Waals surface area (Å²) in [6.45, 7) is 1.79. The summed E-state index contributed by atoms with van der Waals surface area (Å²) in [5, 5.41) is 2.57. The van der Waals surface area contributed by atoms with E-state index in [0.717, 1.165) is 6.07 Å². The Morgan fingerprint density at radius 1 is 1.33 bits per heavy atom. The number of urea groups is 1. The quantitative estimate of drug-likeness (QED) is 0.666. The molecule has 0 atom stereocenters. The number of hydrogen-bond acceptors (Lipinski definition) is 4. The highest BCUT2D eigenvalue weighted by Crippen LogP contribution is 2.34. The standard InChI is InChI=1S/C11H11F3N2O4S/c1-6-3-7(20-21(18,19)11(12,13)14)4-9-8(6)5-15-10(17)16(9)2/h3-4H,5H2,1-2H3,(H,15,17). The summed E-state index contributed by atoms with van der Waals surface area (Å²) >= 11 is 0. The van der Waals surface area contributed by atoms with Gasteiger partial charge < -0.3 is 9.50 Å². The van der Waals surface area contributed by atoms with Crippen LogP contribution in [0.2, 0.25) is 0 Å². The first-order valence-corrected chi connectivity index (χ1v) is 7.09. The van der Waals surface area contributed by atoms with Gasteiger partial charge in [0.25, 0.3) is 0 Å². The fourth-order valence-corrected chi connectivity index (χ4v) is 2.35.